The average molecular weight is 164 g/mol. The van der Waals surface area contributed by atoms with Crippen molar-refractivity contribution in [3.8, 4) is 5.75 Å². The first-order valence-corrected chi connectivity index (χ1v) is 3.62. The molecule has 0 atom stereocenters. The third-order valence-corrected chi connectivity index (χ3v) is 1.24. The number of para-hydroxylation sites is 1. The van der Waals surface area contributed by atoms with Gasteiger partial charge < -0.3 is 14.1 Å². The zero-order chi connectivity index (χ0) is 8.65. The molecule has 0 aromatic heterocycles. The first kappa shape index (κ1) is 8.81. The fraction of sp³-hybridized carbons (Fsp3) is 0.125. The van der Waals surface area contributed by atoms with Gasteiger partial charge in [-0.3, -0.25) is 0 Å². The van der Waals surface area contributed by atoms with Crippen LogP contribution in [-0.2, 0) is 9.45 Å². The molecule has 3 nitrogen and oxygen atoms in total. The molecule has 12 heavy (non-hydrogen) atoms. The highest BCUT2D eigenvalue weighted by atomic mass is 16.6. The maximum absolute atomic E-state index is 9.84. The molecule has 62 valence electrons. The van der Waals surface area contributed by atoms with Gasteiger partial charge in [-0.1, -0.05) is 18.2 Å². The third kappa shape index (κ3) is 3.21. The highest BCUT2D eigenvalue weighted by Gasteiger charge is 1.93. The molecule has 0 fully saturated rings. The summed E-state index contributed by atoms with van der Waals surface area (Å²) in [6.45, 7) is 0.0762. The first-order valence-electron chi connectivity index (χ1n) is 3.62. The van der Waals surface area contributed by atoms with Gasteiger partial charge in [0.2, 0.25) is 0 Å². The van der Waals surface area contributed by atoms with E-state index in [0.717, 1.165) is 5.75 Å². The van der Waals surface area contributed by atoms with E-state index in [9.17, 15) is 4.79 Å². The minimum absolute atomic E-state index is 0.0762. The van der Waals surface area contributed by atoms with Crippen molar-refractivity contribution in [3.63, 3.8) is 0 Å². The van der Waals surface area contributed by atoms with Crippen molar-refractivity contribution >= 4 is 14.0 Å². The van der Waals surface area contributed by atoms with Gasteiger partial charge in [-0.2, -0.15) is 0 Å². The molecule has 0 saturated heterocycles. The molecule has 1 rings (SSSR count). The molecule has 0 aliphatic heterocycles. The van der Waals surface area contributed by atoms with Gasteiger partial charge in [-0.05, 0) is 12.1 Å². The van der Waals surface area contributed by atoms with Crippen LogP contribution >= 0.6 is 0 Å². The normalized spacial score (nSPS) is 9.00. The number of rotatable bonds is 5. The number of benzene rings is 1. The summed E-state index contributed by atoms with van der Waals surface area (Å²) >= 11 is 0. The number of hydrogen-bond donors (Lipinski definition) is 0. The molecule has 0 spiro atoms. The highest BCUT2D eigenvalue weighted by molar-refractivity contribution is 6.19. The standard InChI is InChI=1S/C8H9BO3/c10-6-7-11-9-12-8-4-2-1-3-5-8/h1-6,9H,7H2. The van der Waals surface area contributed by atoms with Crippen molar-refractivity contribution in [2.75, 3.05) is 6.61 Å². The second-order valence-electron chi connectivity index (χ2n) is 2.11. The molecular formula is C8H9BO3. The lowest BCUT2D eigenvalue weighted by atomic mass is 10.3. The molecule has 0 saturated carbocycles. The van der Waals surface area contributed by atoms with Crippen LogP contribution in [0.5, 0.6) is 5.75 Å². The zero-order valence-electron chi connectivity index (χ0n) is 6.60. The summed E-state index contributed by atoms with van der Waals surface area (Å²) in [6, 6.07) is 9.29. The molecule has 0 bridgehead atoms. The number of aldehydes is 1. The summed E-state index contributed by atoms with van der Waals surface area (Å²) in [4.78, 5) is 9.84. The smallest absolute Gasteiger partial charge is 0.507 e. The Morgan fingerprint density at radius 3 is 2.75 bits per heavy atom. The largest absolute Gasteiger partial charge is 0.539 e. The van der Waals surface area contributed by atoms with Crippen molar-refractivity contribution in [3.05, 3.63) is 30.3 Å². The van der Waals surface area contributed by atoms with Gasteiger partial charge in [0.25, 0.3) is 0 Å². The summed E-state index contributed by atoms with van der Waals surface area (Å²) in [7, 11) is 0.114. The summed E-state index contributed by atoms with van der Waals surface area (Å²) < 4.78 is 9.92. The number of hydrogen-bond acceptors (Lipinski definition) is 3. The lowest BCUT2D eigenvalue weighted by molar-refractivity contribution is -0.109. The van der Waals surface area contributed by atoms with E-state index in [1.807, 2.05) is 30.3 Å². The zero-order valence-corrected chi connectivity index (χ0v) is 6.60. The molecule has 0 aliphatic carbocycles. The SMILES string of the molecule is O=CCOBOc1ccccc1. The van der Waals surface area contributed by atoms with Crippen LogP contribution in [0.1, 0.15) is 0 Å². The lowest BCUT2D eigenvalue weighted by Crippen LogP contribution is -2.08. The van der Waals surface area contributed by atoms with Gasteiger partial charge in [-0.25, -0.2) is 0 Å². The molecule has 4 heteroatoms. The van der Waals surface area contributed by atoms with Crippen LogP contribution in [0.2, 0.25) is 0 Å². The van der Waals surface area contributed by atoms with Crippen molar-refractivity contribution in [2.24, 2.45) is 0 Å². The Labute approximate surface area is 71.6 Å². The Balaban J connectivity index is 2.20. The second kappa shape index (κ2) is 5.38. The predicted molar refractivity (Wildman–Crippen MR) is 46.2 cm³/mol. The Hall–Kier alpha value is -1.29. The van der Waals surface area contributed by atoms with Crippen LogP contribution in [0.3, 0.4) is 0 Å². The Morgan fingerprint density at radius 1 is 1.33 bits per heavy atom. The fourth-order valence-electron chi connectivity index (χ4n) is 0.723. The lowest BCUT2D eigenvalue weighted by Gasteiger charge is -2.02. The summed E-state index contributed by atoms with van der Waals surface area (Å²) in [5, 5.41) is 0. The van der Waals surface area contributed by atoms with Crippen molar-refractivity contribution in [2.45, 2.75) is 0 Å². The van der Waals surface area contributed by atoms with Crippen LogP contribution in [-0.4, -0.2) is 20.6 Å². The fourth-order valence-corrected chi connectivity index (χ4v) is 0.723. The van der Waals surface area contributed by atoms with Crippen LogP contribution in [0, 0.1) is 0 Å². The van der Waals surface area contributed by atoms with Crippen LogP contribution in [0.4, 0.5) is 0 Å². The third-order valence-electron chi connectivity index (χ3n) is 1.24. The van der Waals surface area contributed by atoms with E-state index in [-0.39, 0.29) is 14.3 Å². The summed E-state index contributed by atoms with van der Waals surface area (Å²) in [5.74, 6) is 0.739. The average Bonchev–Trinajstić information content (AvgIpc) is 2.14. The van der Waals surface area contributed by atoms with Crippen molar-refractivity contribution in [1.82, 2.24) is 0 Å². The minimum Gasteiger partial charge on any atom is -0.539 e. The molecule has 0 N–H and O–H groups in total. The van der Waals surface area contributed by atoms with Gasteiger partial charge in [-0.15, -0.1) is 0 Å². The predicted octanol–water partition coefficient (Wildman–Crippen LogP) is 0.547. The van der Waals surface area contributed by atoms with Crippen molar-refractivity contribution in [1.29, 1.82) is 0 Å². The highest BCUT2D eigenvalue weighted by Crippen LogP contribution is 2.06. The Morgan fingerprint density at radius 2 is 2.08 bits per heavy atom. The minimum atomic E-state index is 0.0762. The summed E-state index contributed by atoms with van der Waals surface area (Å²) in [5.41, 5.74) is 0. The molecule has 0 radical (unpaired) electrons. The Bertz CT molecular complexity index is 225. The monoisotopic (exact) mass is 164 g/mol. The first-order chi connectivity index (χ1) is 5.93. The van der Waals surface area contributed by atoms with E-state index in [1.54, 1.807) is 0 Å². The van der Waals surface area contributed by atoms with E-state index in [0.29, 0.717) is 6.29 Å². The molecule has 0 amide bonds. The van der Waals surface area contributed by atoms with E-state index >= 15 is 0 Å². The molecule has 0 heterocycles. The number of carbonyl (C=O) groups excluding carboxylic acids is 1. The molecule has 1 aromatic carbocycles. The van der Waals surface area contributed by atoms with Crippen LogP contribution in [0.15, 0.2) is 30.3 Å². The van der Waals surface area contributed by atoms with E-state index < -0.39 is 0 Å². The van der Waals surface area contributed by atoms with Gasteiger partial charge in [0.1, 0.15) is 12.0 Å². The molecule has 1 aromatic rings. The molecule has 0 aliphatic rings. The van der Waals surface area contributed by atoms with E-state index in [2.05, 4.69) is 0 Å². The van der Waals surface area contributed by atoms with Crippen LogP contribution < -0.4 is 4.65 Å². The van der Waals surface area contributed by atoms with E-state index in [4.69, 9.17) is 9.31 Å². The Kier molecular flexibility index (Phi) is 3.95. The van der Waals surface area contributed by atoms with Gasteiger partial charge in [0.15, 0.2) is 0 Å². The van der Waals surface area contributed by atoms with Gasteiger partial charge in [0, 0.05) is 0 Å². The number of carbonyl (C=O) groups is 1. The summed E-state index contributed by atoms with van der Waals surface area (Å²) in [6.07, 6.45) is 0.689. The second-order valence-corrected chi connectivity index (χ2v) is 2.11. The maximum atomic E-state index is 9.84. The van der Waals surface area contributed by atoms with Crippen LogP contribution in [0.25, 0.3) is 0 Å². The molecular weight excluding hydrogens is 155 g/mol. The maximum Gasteiger partial charge on any atom is 0.507 e. The quantitative estimate of drug-likeness (QED) is 0.362. The molecule has 0 unspecified atom stereocenters. The topological polar surface area (TPSA) is 35.5 Å². The van der Waals surface area contributed by atoms with E-state index in [1.165, 1.54) is 0 Å². The van der Waals surface area contributed by atoms with Gasteiger partial charge >= 0.3 is 7.69 Å². The van der Waals surface area contributed by atoms with Gasteiger partial charge in [0.05, 0.1) is 6.61 Å². The van der Waals surface area contributed by atoms with Crippen molar-refractivity contribution < 1.29 is 14.1 Å².